The summed E-state index contributed by atoms with van der Waals surface area (Å²) < 4.78 is 0. The number of hydrogen-bond acceptors (Lipinski definition) is 3. The Hall–Kier alpha value is -0.120. The zero-order valence-corrected chi connectivity index (χ0v) is 13.9. The van der Waals surface area contributed by atoms with Crippen molar-refractivity contribution in [2.75, 3.05) is 33.2 Å². The van der Waals surface area contributed by atoms with E-state index in [1.807, 2.05) is 0 Å². The average molecular weight is 281 g/mol. The molecule has 2 rings (SSSR count). The van der Waals surface area contributed by atoms with Gasteiger partial charge in [-0.3, -0.25) is 4.90 Å². The maximum atomic E-state index is 3.79. The molecule has 0 amide bonds. The van der Waals surface area contributed by atoms with Gasteiger partial charge in [-0.2, -0.15) is 0 Å². The number of nitrogens with zero attached hydrogens (tertiary/aromatic N) is 2. The Kier molecular flexibility index (Phi) is 6.79. The van der Waals surface area contributed by atoms with Crippen LogP contribution in [0.2, 0.25) is 0 Å². The Balaban J connectivity index is 2.10. The van der Waals surface area contributed by atoms with Crippen molar-refractivity contribution in [3.8, 4) is 0 Å². The molecule has 0 bridgehead atoms. The van der Waals surface area contributed by atoms with Crippen LogP contribution in [0.5, 0.6) is 0 Å². The molecular formula is C17H35N3. The fourth-order valence-corrected chi connectivity index (χ4v) is 4.25. The lowest BCUT2D eigenvalue weighted by Crippen LogP contribution is -2.54. The van der Waals surface area contributed by atoms with Crippen molar-refractivity contribution in [2.45, 2.75) is 76.9 Å². The van der Waals surface area contributed by atoms with Gasteiger partial charge >= 0.3 is 0 Å². The molecule has 3 heteroatoms. The van der Waals surface area contributed by atoms with Crippen molar-refractivity contribution in [1.29, 1.82) is 0 Å². The summed E-state index contributed by atoms with van der Waals surface area (Å²) in [5.74, 6) is 0. The number of hydrogen-bond donors (Lipinski definition) is 1. The van der Waals surface area contributed by atoms with E-state index in [0.29, 0.717) is 0 Å². The van der Waals surface area contributed by atoms with E-state index in [1.165, 1.54) is 64.6 Å². The Bertz CT molecular complexity index is 267. The molecule has 3 nitrogen and oxygen atoms in total. The predicted molar refractivity (Wildman–Crippen MR) is 87.2 cm³/mol. The van der Waals surface area contributed by atoms with Gasteiger partial charge in [0.25, 0.3) is 0 Å². The van der Waals surface area contributed by atoms with Gasteiger partial charge in [-0.05, 0) is 45.8 Å². The predicted octanol–water partition coefficient (Wildman–Crippen LogP) is 2.71. The second kappa shape index (κ2) is 8.35. The van der Waals surface area contributed by atoms with Gasteiger partial charge in [0.2, 0.25) is 0 Å². The molecule has 1 aliphatic carbocycles. The lowest BCUT2D eigenvalue weighted by atomic mass is 9.98. The number of rotatable bonds is 4. The van der Waals surface area contributed by atoms with Gasteiger partial charge < -0.3 is 10.2 Å². The van der Waals surface area contributed by atoms with Crippen LogP contribution in [0.4, 0.5) is 0 Å². The first-order valence-electron chi connectivity index (χ1n) is 8.94. The van der Waals surface area contributed by atoms with Crippen molar-refractivity contribution in [1.82, 2.24) is 15.1 Å². The molecule has 2 fully saturated rings. The molecule has 0 aromatic rings. The van der Waals surface area contributed by atoms with Crippen LogP contribution in [0.15, 0.2) is 0 Å². The molecule has 1 heterocycles. The minimum absolute atomic E-state index is 0.722. The van der Waals surface area contributed by atoms with Crippen molar-refractivity contribution < 1.29 is 0 Å². The van der Waals surface area contributed by atoms with Gasteiger partial charge in [-0.15, -0.1) is 0 Å². The highest BCUT2D eigenvalue weighted by Gasteiger charge is 2.33. The third-order valence-electron chi connectivity index (χ3n) is 5.29. The summed E-state index contributed by atoms with van der Waals surface area (Å²) in [6.07, 6.45) is 9.68. The molecule has 118 valence electrons. The molecule has 1 N–H and O–H groups in total. The standard InChI is InChI=1S/C17H35N3/c1-4-15-14-19(3)12-9-13-20(15)17-11-8-6-7-10-16(17)18-5-2/h15-18H,4-14H2,1-3H3. The van der Waals surface area contributed by atoms with Crippen molar-refractivity contribution in [2.24, 2.45) is 0 Å². The second-order valence-electron chi connectivity index (χ2n) is 6.79. The van der Waals surface area contributed by atoms with Crippen molar-refractivity contribution in [3.63, 3.8) is 0 Å². The summed E-state index contributed by atoms with van der Waals surface area (Å²) in [4.78, 5) is 5.41. The van der Waals surface area contributed by atoms with E-state index in [-0.39, 0.29) is 0 Å². The molecule has 1 saturated heterocycles. The van der Waals surface area contributed by atoms with E-state index in [9.17, 15) is 0 Å². The van der Waals surface area contributed by atoms with E-state index in [0.717, 1.165) is 24.7 Å². The van der Waals surface area contributed by atoms with E-state index in [4.69, 9.17) is 0 Å². The lowest BCUT2D eigenvalue weighted by molar-refractivity contribution is 0.0955. The van der Waals surface area contributed by atoms with Crippen LogP contribution in [0.25, 0.3) is 0 Å². The SMILES string of the molecule is CCNC1CCCCCC1N1CCCN(C)CC1CC. The highest BCUT2D eigenvalue weighted by atomic mass is 15.3. The fourth-order valence-electron chi connectivity index (χ4n) is 4.25. The first-order valence-corrected chi connectivity index (χ1v) is 8.94. The number of nitrogens with one attached hydrogen (secondary N) is 1. The van der Waals surface area contributed by atoms with Crippen LogP contribution < -0.4 is 5.32 Å². The molecule has 3 atom stereocenters. The monoisotopic (exact) mass is 281 g/mol. The van der Waals surface area contributed by atoms with Gasteiger partial charge in [0.1, 0.15) is 0 Å². The average Bonchev–Trinajstić information content (AvgIpc) is 2.77. The van der Waals surface area contributed by atoms with Crippen LogP contribution in [0, 0.1) is 0 Å². The second-order valence-corrected chi connectivity index (χ2v) is 6.79. The van der Waals surface area contributed by atoms with Gasteiger partial charge in [0, 0.05) is 31.2 Å². The molecule has 0 spiro atoms. The van der Waals surface area contributed by atoms with E-state index < -0.39 is 0 Å². The first kappa shape index (κ1) is 16.3. The zero-order valence-electron chi connectivity index (χ0n) is 13.9. The maximum Gasteiger partial charge on any atom is 0.0252 e. The molecule has 2 aliphatic rings. The van der Waals surface area contributed by atoms with Gasteiger partial charge in [0.15, 0.2) is 0 Å². The van der Waals surface area contributed by atoms with Crippen molar-refractivity contribution >= 4 is 0 Å². The summed E-state index contributed by atoms with van der Waals surface area (Å²) in [6.45, 7) is 9.57. The molecule has 1 aliphatic heterocycles. The third kappa shape index (κ3) is 4.19. The smallest absolute Gasteiger partial charge is 0.0252 e. The normalized spacial score (nSPS) is 34.6. The minimum Gasteiger partial charge on any atom is -0.313 e. The Labute approximate surface area is 126 Å². The molecular weight excluding hydrogens is 246 g/mol. The van der Waals surface area contributed by atoms with Gasteiger partial charge in [0.05, 0.1) is 0 Å². The summed E-state index contributed by atoms with van der Waals surface area (Å²) in [5.41, 5.74) is 0. The quantitative estimate of drug-likeness (QED) is 0.799. The summed E-state index contributed by atoms with van der Waals surface area (Å²) in [6, 6.07) is 2.25. The Morgan fingerprint density at radius 1 is 1.00 bits per heavy atom. The van der Waals surface area contributed by atoms with Gasteiger partial charge in [-0.25, -0.2) is 0 Å². The Morgan fingerprint density at radius 3 is 2.55 bits per heavy atom. The molecule has 3 unspecified atom stereocenters. The third-order valence-corrected chi connectivity index (χ3v) is 5.29. The topological polar surface area (TPSA) is 18.5 Å². The van der Waals surface area contributed by atoms with E-state index in [1.54, 1.807) is 0 Å². The van der Waals surface area contributed by atoms with Crippen LogP contribution in [0.1, 0.15) is 58.8 Å². The maximum absolute atomic E-state index is 3.79. The molecule has 0 aromatic carbocycles. The minimum atomic E-state index is 0.722. The summed E-state index contributed by atoms with van der Waals surface area (Å²) in [7, 11) is 2.29. The number of likely N-dealkylation sites (N-methyl/N-ethyl adjacent to an activating group) is 2. The van der Waals surface area contributed by atoms with Gasteiger partial charge in [-0.1, -0.05) is 33.1 Å². The van der Waals surface area contributed by atoms with E-state index in [2.05, 4.69) is 36.0 Å². The highest BCUT2D eigenvalue weighted by molar-refractivity contribution is 4.91. The first-order chi connectivity index (χ1) is 9.76. The summed E-state index contributed by atoms with van der Waals surface area (Å²) >= 11 is 0. The van der Waals surface area contributed by atoms with Crippen LogP contribution in [-0.2, 0) is 0 Å². The van der Waals surface area contributed by atoms with E-state index >= 15 is 0 Å². The van der Waals surface area contributed by atoms with Crippen LogP contribution in [-0.4, -0.2) is 61.2 Å². The fraction of sp³-hybridized carbons (Fsp3) is 1.00. The molecule has 0 radical (unpaired) electrons. The largest absolute Gasteiger partial charge is 0.313 e. The van der Waals surface area contributed by atoms with Crippen LogP contribution >= 0.6 is 0 Å². The highest BCUT2D eigenvalue weighted by Crippen LogP contribution is 2.26. The molecule has 1 saturated carbocycles. The zero-order chi connectivity index (χ0) is 14.4. The molecule has 0 aromatic heterocycles. The van der Waals surface area contributed by atoms with Crippen LogP contribution in [0.3, 0.4) is 0 Å². The Morgan fingerprint density at radius 2 is 1.80 bits per heavy atom. The molecule has 20 heavy (non-hydrogen) atoms. The lowest BCUT2D eigenvalue weighted by Gasteiger charge is -2.41. The summed E-state index contributed by atoms with van der Waals surface area (Å²) in [5, 5.41) is 3.79. The van der Waals surface area contributed by atoms with Crippen molar-refractivity contribution in [3.05, 3.63) is 0 Å².